The SMILES string of the molecule is CNCc1occc1CN(C)c1cc(C)cc(C)c1. The monoisotopic (exact) mass is 258 g/mol. The van der Waals surface area contributed by atoms with Gasteiger partial charge in [-0.2, -0.15) is 0 Å². The molecule has 3 heteroatoms. The molecule has 1 N–H and O–H groups in total. The highest BCUT2D eigenvalue weighted by Crippen LogP contribution is 2.21. The lowest BCUT2D eigenvalue weighted by Crippen LogP contribution is -2.18. The fraction of sp³-hybridized carbons (Fsp3) is 0.375. The molecule has 1 aromatic heterocycles. The second kappa shape index (κ2) is 5.93. The van der Waals surface area contributed by atoms with Gasteiger partial charge in [-0.1, -0.05) is 6.07 Å². The Hall–Kier alpha value is -1.74. The quantitative estimate of drug-likeness (QED) is 0.892. The number of aryl methyl sites for hydroxylation is 2. The summed E-state index contributed by atoms with van der Waals surface area (Å²) in [5.41, 5.74) is 5.07. The molecule has 0 saturated carbocycles. The van der Waals surface area contributed by atoms with Crippen LogP contribution in [0.2, 0.25) is 0 Å². The lowest BCUT2D eigenvalue weighted by atomic mass is 10.1. The molecule has 0 fully saturated rings. The third-order valence-electron chi connectivity index (χ3n) is 3.23. The molecular weight excluding hydrogens is 236 g/mol. The van der Waals surface area contributed by atoms with Crippen LogP contribution < -0.4 is 10.2 Å². The lowest BCUT2D eigenvalue weighted by Gasteiger charge is -2.20. The van der Waals surface area contributed by atoms with Gasteiger partial charge in [0.15, 0.2) is 0 Å². The third kappa shape index (κ3) is 3.38. The van der Waals surface area contributed by atoms with E-state index in [0.29, 0.717) is 0 Å². The standard InChI is InChI=1S/C16H22N2O/c1-12-7-13(2)9-15(8-12)18(4)11-14-5-6-19-16(14)10-17-3/h5-9,17H,10-11H2,1-4H3. The van der Waals surface area contributed by atoms with Gasteiger partial charge in [0.05, 0.1) is 12.8 Å². The van der Waals surface area contributed by atoms with Gasteiger partial charge in [-0.15, -0.1) is 0 Å². The van der Waals surface area contributed by atoms with Crippen LogP contribution in [-0.4, -0.2) is 14.1 Å². The Labute approximate surface area is 115 Å². The van der Waals surface area contributed by atoms with Gasteiger partial charge < -0.3 is 14.6 Å². The molecule has 3 nitrogen and oxygen atoms in total. The normalized spacial score (nSPS) is 10.7. The van der Waals surface area contributed by atoms with Crippen molar-refractivity contribution in [2.75, 3.05) is 19.0 Å². The van der Waals surface area contributed by atoms with Crippen molar-refractivity contribution in [3.63, 3.8) is 0 Å². The lowest BCUT2D eigenvalue weighted by molar-refractivity contribution is 0.490. The first kappa shape index (κ1) is 13.7. The van der Waals surface area contributed by atoms with Crippen LogP contribution in [0.1, 0.15) is 22.5 Å². The van der Waals surface area contributed by atoms with E-state index >= 15 is 0 Å². The van der Waals surface area contributed by atoms with Crippen LogP contribution in [0.4, 0.5) is 5.69 Å². The Kier molecular flexibility index (Phi) is 4.27. The van der Waals surface area contributed by atoms with Gasteiger partial charge in [0, 0.05) is 24.8 Å². The van der Waals surface area contributed by atoms with E-state index in [1.54, 1.807) is 6.26 Å². The zero-order valence-corrected chi connectivity index (χ0v) is 12.2. The molecule has 2 aromatic rings. The van der Waals surface area contributed by atoms with Crippen LogP contribution in [0.5, 0.6) is 0 Å². The summed E-state index contributed by atoms with van der Waals surface area (Å²) in [5.74, 6) is 1.01. The highest BCUT2D eigenvalue weighted by molar-refractivity contribution is 5.50. The van der Waals surface area contributed by atoms with Crippen LogP contribution in [0.3, 0.4) is 0 Å². The number of nitrogens with one attached hydrogen (secondary N) is 1. The molecule has 0 unspecified atom stereocenters. The minimum atomic E-state index is 0.767. The molecule has 102 valence electrons. The van der Waals surface area contributed by atoms with Crippen molar-refractivity contribution in [1.29, 1.82) is 0 Å². The van der Waals surface area contributed by atoms with Gasteiger partial charge in [-0.05, 0) is 50.2 Å². The molecule has 0 radical (unpaired) electrons. The van der Waals surface area contributed by atoms with E-state index in [4.69, 9.17) is 4.42 Å². The Morgan fingerprint density at radius 3 is 2.47 bits per heavy atom. The molecule has 0 atom stereocenters. The first-order valence-corrected chi connectivity index (χ1v) is 6.59. The van der Waals surface area contributed by atoms with Gasteiger partial charge in [-0.3, -0.25) is 0 Å². The molecule has 1 aromatic carbocycles. The third-order valence-corrected chi connectivity index (χ3v) is 3.23. The summed E-state index contributed by atoms with van der Waals surface area (Å²) in [5, 5.41) is 3.13. The molecule has 0 spiro atoms. The van der Waals surface area contributed by atoms with E-state index < -0.39 is 0 Å². The summed E-state index contributed by atoms with van der Waals surface area (Å²) in [6.07, 6.45) is 1.76. The zero-order chi connectivity index (χ0) is 13.8. The minimum Gasteiger partial charge on any atom is -0.468 e. The molecule has 0 aliphatic heterocycles. The van der Waals surface area contributed by atoms with Crippen molar-refractivity contribution in [3.05, 3.63) is 53.0 Å². The average Bonchev–Trinajstić information content (AvgIpc) is 2.76. The molecule has 0 saturated heterocycles. The van der Waals surface area contributed by atoms with Crippen molar-refractivity contribution in [1.82, 2.24) is 5.32 Å². The van der Waals surface area contributed by atoms with Crippen molar-refractivity contribution >= 4 is 5.69 Å². The Bertz CT molecular complexity index is 525. The molecular formula is C16H22N2O. The summed E-state index contributed by atoms with van der Waals surface area (Å²) in [6, 6.07) is 8.67. The summed E-state index contributed by atoms with van der Waals surface area (Å²) < 4.78 is 5.50. The molecule has 0 aliphatic rings. The summed E-state index contributed by atoms with van der Waals surface area (Å²) in [4.78, 5) is 2.25. The summed E-state index contributed by atoms with van der Waals surface area (Å²) in [6.45, 7) is 5.89. The first-order chi connectivity index (χ1) is 9.10. The largest absolute Gasteiger partial charge is 0.468 e. The molecule has 0 aliphatic carbocycles. The molecule has 0 amide bonds. The first-order valence-electron chi connectivity index (χ1n) is 6.59. The van der Waals surface area contributed by atoms with Crippen molar-refractivity contribution < 1.29 is 4.42 Å². The smallest absolute Gasteiger partial charge is 0.122 e. The van der Waals surface area contributed by atoms with Crippen LogP contribution in [-0.2, 0) is 13.1 Å². The Morgan fingerprint density at radius 1 is 1.16 bits per heavy atom. The maximum Gasteiger partial charge on any atom is 0.122 e. The van der Waals surface area contributed by atoms with Crippen LogP contribution in [0.25, 0.3) is 0 Å². The minimum absolute atomic E-state index is 0.767. The predicted molar refractivity (Wildman–Crippen MR) is 79.5 cm³/mol. The predicted octanol–water partition coefficient (Wildman–Crippen LogP) is 3.25. The second-order valence-corrected chi connectivity index (χ2v) is 5.10. The van der Waals surface area contributed by atoms with Gasteiger partial charge in [0.1, 0.15) is 5.76 Å². The topological polar surface area (TPSA) is 28.4 Å². The van der Waals surface area contributed by atoms with Crippen molar-refractivity contribution in [2.45, 2.75) is 26.9 Å². The Balaban J connectivity index is 2.15. The highest BCUT2D eigenvalue weighted by Gasteiger charge is 2.09. The van der Waals surface area contributed by atoms with Gasteiger partial charge in [-0.25, -0.2) is 0 Å². The zero-order valence-electron chi connectivity index (χ0n) is 12.2. The van der Waals surface area contributed by atoms with E-state index in [-0.39, 0.29) is 0 Å². The van der Waals surface area contributed by atoms with Crippen molar-refractivity contribution in [3.8, 4) is 0 Å². The number of furan rings is 1. The van der Waals surface area contributed by atoms with Crippen LogP contribution in [0, 0.1) is 13.8 Å². The summed E-state index contributed by atoms with van der Waals surface area (Å²) in [7, 11) is 4.05. The van der Waals surface area contributed by atoms with E-state index in [0.717, 1.165) is 18.8 Å². The van der Waals surface area contributed by atoms with Crippen LogP contribution in [0.15, 0.2) is 34.9 Å². The van der Waals surface area contributed by atoms with E-state index in [2.05, 4.69) is 49.3 Å². The van der Waals surface area contributed by atoms with Gasteiger partial charge in [0.2, 0.25) is 0 Å². The molecule has 19 heavy (non-hydrogen) atoms. The fourth-order valence-electron chi connectivity index (χ4n) is 2.34. The number of benzene rings is 1. The van der Waals surface area contributed by atoms with Crippen LogP contribution >= 0.6 is 0 Å². The maximum absolute atomic E-state index is 5.50. The molecule has 2 rings (SSSR count). The number of rotatable bonds is 5. The fourth-order valence-corrected chi connectivity index (χ4v) is 2.34. The van der Waals surface area contributed by atoms with E-state index in [1.807, 2.05) is 13.1 Å². The van der Waals surface area contributed by atoms with E-state index in [1.165, 1.54) is 22.4 Å². The number of hydrogen-bond donors (Lipinski definition) is 1. The number of hydrogen-bond acceptors (Lipinski definition) is 3. The summed E-state index contributed by atoms with van der Waals surface area (Å²) >= 11 is 0. The van der Waals surface area contributed by atoms with E-state index in [9.17, 15) is 0 Å². The second-order valence-electron chi connectivity index (χ2n) is 5.10. The van der Waals surface area contributed by atoms with Crippen molar-refractivity contribution in [2.24, 2.45) is 0 Å². The van der Waals surface area contributed by atoms with Gasteiger partial charge >= 0.3 is 0 Å². The average molecular weight is 258 g/mol. The molecule has 1 heterocycles. The maximum atomic E-state index is 5.50. The Morgan fingerprint density at radius 2 is 1.84 bits per heavy atom. The highest BCUT2D eigenvalue weighted by atomic mass is 16.3. The number of nitrogens with zero attached hydrogens (tertiary/aromatic N) is 1. The number of anilines is 1. The van der Waals surface area contributed by atoms with Gasteiger partial charge in [0.25, 0.3) is 0 Å². The molecule has 0 bridgehead atoms.